The minimum absolute atomic E-state index is 0.0874. The highest BCUT2D eigenvalue weighted by Gasteiger charge is 2.46. The number of rotatable bonds is 6. The first-order valence-corrected chi connectivity index (χ1v) is 9.44. The molecule has 4 rings (SSSR count). The Labute approximate surface area is 144 Å². The predicted molar refractivity (Wildman–Crippen MR) is 92.7 cm³/mol. The van der Waals surface area contributed by atoms with Gasteiger partial charge in [0.2, 0.25) is 0 Å². The van der Waals surface area contributed by atoms with E-state index in [0.29, 0.717) is 5.92 Å². The Balaban J connectivity index is 1.53. The van der Waals surface area contributed by atoms with Crippen LogP contribution < -0.4 is 0 Å². The summed E-state index contributed by atoms with van der Waals surface area (Å²) in [5, 5.41) is 10.2. The molecule has 1 N–H and O–H groups in total. The minimum Gasteiger partial charge on any atom is -0.394 e. The van der Waals surface area contributed by atoms with Gasteiger partial charge in [-0.2, -0.15) is 0 Å². The topological polar surface area (TPSA) is 41.9 Å². The van der Waals surface area contributed by atoms with E-state index in [2.05, 4.69) is 35.2 Å². The molecule has 4 heteroatoms. The summed E-state index contributed by atoms with van der Waals surface area (Å²) in [5.41, 5.74) is 1.22. The van der Waals surface area contributed by atoms with E-state index in [1.807, 2.05) is 0 Å². The zero-order chi connectivity index (χ0) is 16.4. The number of ether oxygens (including phenoxy) is 2. The first-order chi connectivity index (χ1) is 11.8. The number of hydrogen-bond acceptors (Lipinski definition) is 4. The molecule has 2 saturated heterocycles. The summed E-state index contributed by atoms with van der Waals surface area (Å²) in [7, 11) is 0. The number of fused-ring (bicyclic) bond motifs is 1. The van der Waals surface area contributed by atoms with Gasteiger partial charge in [0, 0.05) is 31.2 Å². The van der Waals surface area contributed by atoms with Crippen molar-refractivity contribution in [1.29, 1.82) is 0 Å². The smallest absolute Gasteiger partial charge is 0.0967 e. The molecule has 0 bridgehead atoms. The Morgan fingerprint density at radius 2 is 1.92 bits per heavy atom. The van der Waals surface area contributed by atoms with E-state index in [1.165, 1.54) is 18.4 Å². The van der Waals surface area contributed by atoms with E-state index < -0.39 is 0 Å². The van der Waals surface area contributed by atoms with Crippen LogP contribution in [0.5, 0.6) is 0 Å². The van der Waals surface area contributed by atoms with Crippen molar-refractivity contribution in [3.8, 4) is 0 Å². The quantitative estimate of drug-likeness (QED) is 0.870. The molecule has 1 aliphatic carbocycles. The van der Waals surface area contributed by atoms with Crippen molar-refractivity contribution >= 4 is 0 Å². The maximum Gasteiger partial charge on any atom is 0.0967 e. The lowest BCUT2D eigenvalue weighted by Gasteiger charge is -2.42. The van der Waals surface area contributed by atoms with Crippen LogP contribution in [0.2, 0.25) is 0 Å². The molecule has 24 heavy (non-hydrogen) atoms. The Morgan fingerprint density at radius 1 is 1.12 bits per heavy atom. The maximum atomic E-state index is 10.2. The fraction of sp³-hybridized carbons (Fsp3) is 0.700. The van der Waals surface area contributed by atoms with Crippen LogP contribution in [0.4, 0.5) is 0 Å². The van der Waals surface area contributed by atoms with Crippen molar-refractivity contribution in [2.75, 3.05) is 26.4 Å². The fourth-order valence-corrected chi connectivity index (χ4v) is 4.80. The molecule has 4 nitrogen and oxygen atoms in total. The van der Waals surface area contributed by atoms with E-state index >= 15 is 0 Å². The van der Waals surface area contributed by atoms with E-state index in [1.54, 1.807) is 0 Å². The monoisotopic (exact) mass is 331 g/mol. The summed E-state index contributed by atoms with van der Waals surface area (Å²) in [4.78, 5) is 2.49. The minimum atomic E-state index is -0.0874. The lowest BCUT2D eigenvalue weighted by molar-refractivity contribution is -0.0486. The van der Waals surface area contributed by atoms with Crippen molar-refractivity contribution < 1.29 is 14.6 Å². The lowest BCUT2D eigenvalue weighted by atomic mass is 9.93. The second kappa shape index (κ2) is 7.12. The van der Waals surface area contributed by atoms with Crippen LogP contribution in [0.25, 0.3) is 0 Å². The van der Waals surface area contributed by atoms with Gasteiger partial charge in [0.1, 0.15) is 0 Å². The first-order valence-electron chi connectivity index (χ1n) is 9.44. The number of benzene rings is 1. The van der Waals surface area contributed by atoms with Crippen molar-refractivity contribution in [3.63, 3.8) is 0 Å². The van der Waals surface area contributed by atoms with Gasteiger partial charge in [0.05, 0.1) is 25.4 Å². The first kappa shape index (κ1) is 16.5. The lowest BCUT2D eigenvalue weighted by Crippen LogP contribution is -2.53. The van der Waals surface area contributed by atoms with Crippen LogP contribution in [0.1, 0.15) is 37.7 Å². The summed E-state index contributed by atoms with van der Waals surface area (Å²) in [6.45, 7) is 3.68. The Kier molecular flexibility index (Phi) is 4.90. The third-order valence-corrected chi connectivity index (χ3v) is 6.27. The summed E-state index contributed by atoms with van der Waals surface area (Å²) < 4.78 is 12.0. The third kappa shape index (κ3) is 3.13. The molecule has 1 saturated carbocycles. The van der Waals surface area contributed by atoms with E-state index in [0.717, 1.165) is 45.6 Å². The highest BCUT2D eigenvalue weighted by Crippen LogP contribution is 2.38. The highest BCUT2D eigenvalue weighted by molar-refractivity contribution is 5.15. The number of aliphatic hydroxyl groups is 1. The average Bonchev–Trinajstić information content (AvgIpc) is 3.34. The molecule has 3 atom stereocenters. The van der Waals surface area contributed by atoms with Gasteiger partial charge in [-0.3, -0.25) is 4.90 Å². The second-order valence-corrected chi connectivity index (χ2v) is 7.71. The van der Waals surface area contributed by atoms with Gasteiger partial charge in [0.15, 0.2) is 0 Å². The zero-order valence-corrected chi connectivity index (χ0v) is 14.4. The van der Waals surface area contributed by atoms with Gasteiger partial charge >= 0.3 is 0 Å². The van der Waals surface area contributed by atoms with Gasteiger partial charge in [-0.1, -0.05) is 43.2 Å². The molecular weight excluding hydrogens is 302 g/mol. The molecule has 0 radical (unpaired) electrons. The fourth-order valence-electron chi connectivity index (χ4n) is 4.80. The predicted octanol–water partition coefficient (Wildman–Crippen LogP) is 2.60. The Bertz CT molecular complexity index is 529. The molecule has 2 heterocycles. The molecule has 1 aromatic carbocycles. The summed E-state index contributed by atoms with van der Waals surface area (Å²) in [6, 6.07) is 10.6. The van der Waals surface area contributed by atoms with Gasteiger partial charge in [-0.25, -0.2) is 0 Å². The molecule has 3 fully saturated rings. The van der Waals surface area contributed by atoms with Crippen molar-refractivity contribution in [2.45, 2.75) is 56.4 Å². The van der Waals surface area contributed by atoms with Crippen LogP contribution >= 0.6 is 0 Å². The van der Waals surface area contributed by atoms with Crippen LogP contribution in [0, 0.1) is 5.92 Å². The van der Waals surface area contributed by atoms with E-state index in [-0.39, 0.29) is 24.4 Å². The second-order valence-electron chi connectivity index (χ2n) is 7.71. The highest BCUT2D eigenvalue weighted by atomic mass is 16.6. The molecule has 0 aromatic heterocycles. The molecule has 0 amide bonds. The van der Waals surface area contributed by atoms with Gasteiger partial charge < -0.3 is 14.6 Å². The summed E-state index contributed by atoms with van der Waals surface area (Å²) >= 11 is 0. The van der Waals surface area contributed by atoms with Crippen LogP contribution in [0.15, 0.2) is 30.3 Å². The molecule has 3 unspecified atom stereocenters. The standard InChI is InChI=1S/C20H29NO3/c22-15-20(9-4-5-10-20)21(12-16-6-2-1-3-7-16)13-18-19-17(14-24-18)8-11-23-19/h1-3,6-7,17-19,22H,4-5,8-15H2. The Morgan fingerprint density at radius 3 is 2.67 bits per heavy atom. The number of aliphatic hydroxyl groups excluding tert-OH is 1. The summed E-state index contributed by atoms with van der Waals surface area (Å²) in [6.07, 6.45) is 6.10. The average molecular weight is 331 g/mol. The molecule has 3 aliphatic rings. The van der Waals surface area contributed by atoms with Crippen molar-refractivity contribution in [2.24, 2.45) is 5.92 Å². The molecule has 2 aliphatic heterocycles. The molecule has 0 spiro atoms. The zero-order valence-electron chi connectivity index (χ0n) is 14.4. The van der Waals surface area contributed by atoms with Crippen LogP contribution in [-0.2, 0) is 16.0 Å². The number of hydrogen-bond donors (Lipinski definition) is 1. The van der Waals surface area contributed by atoms with Crippen LogP contribution in [0.3, 0.4) is 0 Å². The van der Waals surface area contributed by atoms with Crippen molar-refractivity contribution in [1.82, 2.24) is 4.90 Å². The van der Waals surface area contributed by atoms with Gasteiger partial charge in [0.25, 0.3) is 0 Å². The normalized spacial score (nSPS) is 31.7. The SMILES string of the molecule is OCC1(N(Cc2ccccc2)CC2OCC3CCOC32)CCCC1. The van der Waals surface area contributed by atoms with Gasteiger partial charge in [-0.15, -0.1) is 0 Å². The Hall–Kier alpha value is -0.940. The molecular formula is C20H29NO3. The maximum absolute atomic E-state index is 10.2. The van der Waals surface area contributed by atoms with Crippen LogP contribution in [-0.4, -0.2) is 54.1 Å². The largest absolute Gasteiger partial charge is 0.394 e. The number of nitrogens with zero attached hydrogens (tertiary/aromatic N) is 1. The van der Waals surface area contributed by atoms with E-state index in [9.17, 15) is 5.11 Å². The van der Waals surface area contributed by atoms with Gasteiger partial charge in [-0.05, 0) is 24.8 Å². The van der Waals surface area contributed by atoms with E-state index in [4.69, 9.17) is 9.47 Å². The summed E-state index contributed by atoms with van der Waals surface area (Å²) in [5.74, 6) is 0.572. The molecule has 1 aromatic rings. The molecule has 132 valence electrons. The van der Waals surface area contributed by atoms with Crippen molar-refractivity contribution in [3.05, 3.63) is 35.9 Å². The third-order valence-electron chi connectivity index (χ3n) is 6.27.